The van der Waals surface area contributed by atoms with Gasteiger partial charge in [0.15, 0.2) is 0 Å². The number of amides is 1. The van der Waals surface area contributed by atoms with Crippen LogP contribution in [0.3, 0.4) is 0 Å². The Morgan fingerprint density at radius 2 is 1.73 bits per heavy atom. The third-order valence-corrected chi connectivity index (χ3v) is 5.35. The number of ketones is 1. The molecule has 158 valence electrons. The summed E-state index contributed by atoms with van der Waals surface area (Å²) in [6.07, 6.45) is 0.701. The molecule has 0 spiro atoms. The molecule has 2 aromatic carbocycles. The highest BCUT2D eigenvalue weighted by Crippen LogP contribution is 2.39. The van der Waals surface area contributed by atoms with Crippen LogP contribution < -0.4 is 4.74 Å². The Morgan fingerprint density at radius 3 is 2.30 bits per heavy atom. The maximum atomic E-state index is 12.9. The van der Waals surface area contributed by atoms with Crippen LogP contribution in [0.15, 0.2) is 54.1 Å². The van der Waals surface area contributed by atoms with Crippen LogP contribution in [0, 0.1) is 0 Å². The van der Waals surface area contributed by atoms with E-state index in [0.717, 1.165) is 12.1 Å². The molecule has 1 aliphatic rings. The van der Waals surface area contributed by atoms with E-state index in [1.165, 1.54) is 4.90 Å². The fraction of sp³-hybridized carbons (Fsp3) is 0.304. The van der Waals surface area contributed by atoms with E-state index < -0.39 is 17.7 Å². The molecule has 6 nitrogen and oxygen atoms in total. The lowest BCUT2D eigenvalue weighted by molar-refractivity contribution is -0.139. The molecule has 1 fully saturated rings. The van der Waals surface area contributed by atoms with E-state index in [4.69, 9.17) is 16.3 Å². The van der Waals surface area contributed by atoms with Gasteiger partial charge in [0.05, 0.1) is 18.7 Å². The van der Waals surface area contributed by atoms with Crippen molar-refractivity contribution in [3.8, 4) is 5.75 Å². The molecule has 1 amide bonds. The van der Waals surface area contributed by atoms with Crippen molar-refractivity contribution in [3.05, 3.63) is 70.3 Å². The van der Waals surface area contributed by atoms with E-state index in [0.29, 0.717) is 29.3 Å². The van der Waals surface area contributed by atoms with Crippen LogP contribution in [0.1, 0.15) is 23.6 Å². The largest absolute Gasteiger partial charge is 0.507 e. The number of halogens is 1. The third-order valence-electron chi connectivity index (χ3n) is 5.09. The Morgan fingerprint density at radius 1 is 1.10 bits per heavy atom. The van der Waals surface area contributed by atoms with E-state index in [9.17, 15) is 14.7 Å². The van der Waals surface area contributed by atoms with Gasteiger partial charge in [-0.2, -0.15) is 0 Å². The number of likely N-dealkylation sites (tertiary alicyclic amines) is 1. The first-order chi connectivity index (χ1) is 14.3. The van der Waals surface area contributed by atoms with Crippen LogP contribution >= 0.6 is 11.6 Å². The van der Waals surface area contributed by atoms with Crippen LogP contribution in [-0.4, -0.2) is 60.9 Å². The van der Waals surface area contributed by atoms with Gasteiger partial charge in [0.25, 0.3) is 11.7 Å². The fourth-order valence-electron chi connectivity index (χ4n) is 3.56. The number of carbonyl (C=O) groups is 2. The average Bonchev–Trinajstić information content (AvgIpc) is 2.98. The Kier molecular flexibility index (Phi) is 6.80. The van der Waals surface area contributed by atoms with Gasteiger partial charge >= 0.3 is 0 Å². The summed E-state index contributed by atoms with van der Waals surface area (Å²) in [4.78, 5) is 29.3. The van der Waals surface area contributed by atoms with Crippen molar-refractivity contribution in [1.29, 1.82) is 0 Å². The van der Waals surface area contributed by atoms with Crippen molar-refractivity contribution < 1.29 is 19.4 Å². The number of aliphatic hydroxyl groups excluding tert-OH is 1. The first-order valence-electron chi connectivity index (χ1n) is 9.66. The molecular formula is C23H25ClN2O4. The van der Waals surface area contributed by atoms with Crippen molar-refractivity contribution in [2.75, 3.05) is 34.3 Å². The molecular weight excluding hydrogens is 404 g/mol. The van der Waals surface area contributed by atoms with Gasteiger partial charge in [-0.05, 0) is 69.0 Å². The molecule has 3 rings (SSSR count). The predicted molar refractivity (Wildman–Crippen MR) is 117 cm³/mol. The molecule has 7 heteroatoms. The smallest absolute Gasteiger partial charge is 0.295 e. The van der Waals surface area contributed by atoms with Crippen LogP contribution in [0.25, 0.3) is 5.76 Å². The Hall–Kier alpha value is -2.83. The van der Waals surface area contributed by atoms with E-state index in [-0.39, 0.29) is 11.3 Å². The molecule has 0 aromatic heterocycles. The van der Waals surface area contributed by atoms with Gasteiger partial charge < -0.3 is 19.6 Å². The zero-order chi connectivity index (χ0) is 21.8. The number of methoxy groups -OCH3 is 1. The lowest BCUT2D eigenvalue weighted by Crippen LogP contribution is -2.32. The normalized spacial score (nSPS) is 18.3. The van der Waals surface area contributed by atoms with Crippen molar-refractivity contribution in [1.82, 2.24) is 9.80 Å². The molecule has 1 N–H and O–H groups in total. The topological polar surface area (TPSA) is 70.1 Å². The van der Waals surface area contributed by atoms with Crippen molar-refractivity contribution in [2.45, 2.75) is 12.5 Å². The number of Topliss-reactive ketones (excluding diaryl/α,β-unsaturated/α-hetero) is 1. The number of hydrogen-bond acceptors (Lipinski definition) is 5. The zero-order valence-electron chi connectivity index (χ0n) is 17.3. The van der Waals surface area contributed by atoms with E-state index in [1.807, 2.05) is 19.0 Å². The molecule has 2 aromatic rings. The van der Waals surface area contributed by atoms with Gasteiger partial charge in [-0.25, -0.2) is 0 Å². The molecule has 0 aliphatic carbocycles. The minimum Gasteiger partial charge on any atom is -0.507 e. The van der Waals surface area contributed by atoms with Crippen molar-refractivity contribution >= 4 is 29.1 Å². The summed E-state index contributed by atoms with van der Waals surface area (Å²) in [7, 11) is 5.46. The summed E-state index contributed by atoms with van der Waals surface area (Å²) in [5, 5.41) is 11.5. The third kappa shape index (κ3) is 4.50. The Labute approximate surface area is 181 Å². The first-order valence-corrected chi connectivity index (χ1v) is 10.0. The summed E-state index contributed by atoms with van der Waals surface area (Å²) >= 11 is 6.03. The van der Waals surface area contributed by atoms with Crippen molar-refractivity contribution in [2.24, 2.45) is 0 Å². The van der Waals surface area contributed by atoms with E-state index in [2.05, 4.69) is 0 Å². The van der Waals surface area contributed by atoms with Gasteiger partial charge in [-0.3, -0.25) is 9.59 Å². The fourth-order valence-corrected chi connectivity index (χ4v) is 3.69. The molecule has 0 saturated carbocycles. The summed E-state index contributed by atoms with van der Waals surface area (Å²) in [6, 6.07) is 13.0. The number of rotatable bonds is 7. The second kappa shape index (κ2) is 9.32. The van der Waals surface area contributed by atoms with Gasteiger partial charge in [-0.15, -0.1) is 0 Å². The first kappa shape index (κ1) is 21.9. The van der Waals surface area contributed by atoms with Crippen LogP contribution in [0.5, 0.6) is 5.75 Å². The number of carbonyl (C=O) groups excluding carboxylic acids is 2. The van der Waals surface area contributed by atoms with E-state index in [1.54, 1.807) is 55.6 Å². The lowest BCUT2D eigenvalue weighted by atomic mass is 9.95. The number of ether oxygens (including phenoxy) is 1. The Balaban J connectivity index is 2.06. The maximum absolute atomic E-state index is 12.9. The highest BCUT2D eigenvalue weighted by atomic mass is 35.5. The highest BCUT2D eigenvalue weighted by Gasteiger charge is 2.45. The lowest BCUT2D eigenvalue weighted by Gasteiger charge is -2.26. The molecule has 1 saturated heterocycles. The van der Waals surface area contributed by atoms with Gasteiger partial charge in [0, 0.05) is 17.1 Å². The summed E-state index contributed by atoms with van der Waals surface area (Å²) < 4.78 is 5.15. The van der Waals surface area contributed by atoms with E-state index >= 15 is 0 Å². The van der Waals surface area contributed by atoms with Crippen LogP contribution in [-0.2, 0) is 9.59 Å². The van der Waals surface area contributed by atoms with Gasteiger partial charge in [-0.1, -0.05) is 23.7 Å². The molecule has 1 aliphatic heterocycles. The van der Waals surface area contributed by atoms with Crippen molar-refractivity contribution in [3.63, 3.8) is 0 Å². The molecule has 0 unspecified atom stereocenters. The molecule has 1 atom stereocenters. The second-order valence-corrected chi connectivity index (χ2v) is 7.87. The minimum atomic E-state index is -0.687. The van der Waals surface area contributed by atoms with Gasteiger partial charge in [0.2, 0.25) is 0 Å². The molecule has 1 heterocycles. The molecule has 30 heavy (non-hydrogen) atoms. The quantitative estimate of drug-likeness (QED) is 0.413. The number of aliphatic hydroxyl groups is 1. The van der Waals surface area contributed by atoms with Gasteiger partial charge in [0.1, 0.15) is 11.5 Å². The number of nitrogens with zero attached hydrogens (tertiary/aromatic N) is 2. The summed E-state index contributed by atoms with van der Waals surface area (Å²) in [5.74, 6) is -0.868. The minimum absolute atomic E-state index is 0.0809. The number of benzene rings is 2. The second-order valence-electron chi connectivity index (χ2n) is 7.43. The number of hydrogen-bond donors (Lipinski definition) is 1. The van der Waals surface area contributed by atoms with Crippen LogP contribution in [0.2, 0.25) is 5.02 Å². The summed E-state index contributed by atoms with van der Waals surface area (Å²) in [6.45, 7) is 1.17. The SMILES string of the molecule is COc1ccc(/C(O)=C2\C(=O)C(=O)N(CCCN(C)C)[C@@H]2c2ccc(Cl)cc2)cc1. The monoisotopic (exact) mass is 428 g/mol. The average molecular weight is 429 g/mol. The Bertz CT molecular complexity index is 952. The summed E-state index contributed by atoms with van der Waals surface area (Å²) in [5.41, 5.74) is 1.25. The zero-order valence-corrected chi connectivity index (χ0v) is 18.0. The highest BCUT2D eigenvalue weighted by molar-refractivity contribution is 6.46. The molecule has 0 bridgehead atoms. The predicted octanol–water partition coefficient (Wildman–Crippen LogP) is 3.72. The maximum Gasteiger partial charge on any atom is 0.295 e. The standard InChI is InChI=1S/C23H25ClN2O4/c1-25(2)13-4-14-26-20(15-5-9-17(24)10-6-15)19(22(28)23(26)29)21(27)16-7-11-18(30-3)12-8-16/h5-12,20,27H,4,13-14H2,1-3H3/b21-19+/t20-/m1/s1. The molecule has 0 radical (unpaired) electrons. The van der Waals surface area contributed by atoms with Crippen LogP contribution in [0.4, 0.5) is 0 Å².